The second-order valence-electron chi connectivity index (χ2n) is 38.6. The number of likely N-dealkylation sites (tertiary alicyclic amines) is 2. The highest BCUT2D eigenvalue weighted by molar-refractivity contribution is 5.95. The number of carbonyl (C=O) groups excluding carboxylic acids is 8. The minimum Gasteiger partial charge on any atom is -0.379 e. The van der Waals surface area contributed by atoms with Gasteiger partial charge in [0.1, 0.15) is 57.7 Å². The van der Waals surface area contributed by atoms with E-state index in [9.17, 15) is 47.1 Å². The number of likely N-dealkylation sites (N-methyl/N-ethyl adjacent to an activating group) is 2. The largest absolute Gasteiger partial charge is 0.379 e. The van der Waals surface area contributed by atoms with Gasteiger partial charge in [-0.05, 0) is 174 Å². The third-order valence-electron chi connectivity index (χ3n) is 31.2. The van der Waals surface area contributed by atoms with Crippen LogP contribution in [0.25, 0.3) is 0 Å². The van der Waals surface area contributed by atoms with Crippen molar-refractivity contribution in [3.05, 3.63) is 287 Å². The van der Waals surface area contributed by atoms with E-state index in [1.54, 1.807) is 0 Å². The summed E-state index contributed by atoms with van der Waals surface area (Å²) in [7, 11) is 3.77. The van der Waals surface area contributed by atoms with E-state index in [-0.39, 0.29) is 46.8 Å². The number of ether oxygens (including phenoxy) is 2. The fraction of sp³-hybridized carbons (Fsp3) is 0.517. The van der Waals surface area contributed by atoms with Crippen LogP contribution in [-0.2, 0) is 92.1 Å². The van der Waals surface area contributed by atoms with Gasteiger partial charge in [0.05, 0.1) is 26.4 Å². The maximum Gasteiger partial charge on any atom is 0.157 e. The Bertz CT molecular complexity index is 4720. The summed E-state index contributed by atoms with van der Waals surface area (Å²) in [6.45, 7) is 10.3. The Balaban J connectivity index is 0.000000132. The van der Waals surface area contributed by atoms with Crippen LogP contribution in [0, 0.1) is 0 Å². The molecule has 136 heavy (non-hydrogen) atoms. The number of nitrogens with zero attached hydrogens (tertiary/aromatic N) is 4. The number of carbonyl (C=O) groups is 8. The summed E-state index contributed by atoms with van der Waals surface area (Å²) in [5, 5.41) is 12.7. The van der Waals surface area contributed by atoms with Gasteiger partial charge < -0.3 is 20.1 Å². The molecule has 0 amide bonds. The highest BCUT2D eigenvalue weighted by Gasteiger charge is 2.53. The number of rotatable bonds is 20. The molecule has 8 aromatic rings. The van der Waals surface area contributed by atoms with Gasteiger partial charge in [-0.25, -0.2) is 8.78 Å². The topological polar surface area (TPSA) is 216 Å². The van der Waals surface area contributed by atoms with Crippen molar-refractivity contribution in [2.75, 3.05) is 119 Å². The number of hydrogen-bond acceptors (Lipinski definition) is 18. The highest BCUT2D eigenvalue weighted by Crippen LogP contribution is 2.47. The van der Waals surface area contributed by atoms with Gasteiger partial charge in [-0.15, -0.1) is 0 Å². The van der Waals surface area contributed by atoms with Crippen molar-refractivity contribution >= 4 is 46.3 Å². The SMILES string of the molecule is CN[C@@]1(c2ccccc2)CCCCC1=O.CN[C@]1(c2ccccc2)CCCCC1=O.O=C1CCCC[C@@]1(NCCF)c1ccccc1.O=C1CCCC[C@@]1(c1ccccc1)N1CCC1.O=C1CCCC[C@@]1(c1ccccc1)N1CCOCC1.O=C1CCCC[C@]1(NCCF)c1ccccc1.O=C1CCCC[C@]1(c1ccccc1)N1CCC1.O=C1CCCC[C@]1(c1ccccc1)N1CCOCC1. The van der Waals surface area contributed by atoms with Crippen LogP contribution in [0.15, 0.2) is 243 Å². The second kappa shape index (κ2) is 51.5. The zero-order chi connectivity index (χ0) is 95.4. The molecule has 8 atom stereocenters. The summed E-state index contributed by atoms with van der Waals surface area (Å²) >= 11 is 0. The van der Waals surface area contributed by atoms with E-state index in [1.807, 2.05) is 184 Å². The van der Waals surface area contributed by atoms with E-state index >= 15 is 0 Å². The van der Waals surface area contributed by atoms with Crippen LogP contribution in [-0.4, -0.2) is 185 Å². The molecule has 8 saturated carbocycles. The lowest BCUT2D eigenvalue weighted by Crippen LogP contribution is -2.58. The molecule has 0 bridgehead atoms. The van der Waals surface area contributed by atoms with E-state index in [4.69, 9.17) is 9.47 Å². The summed E-state index contributed by atoms with van der Waals surface area (Å²) in [5.74, 6) is 2.74. The lowest BCUT2D eigenvalue weighted by atomic mass is 9.73. The maximum atomic E-state index is 12.7. The summed E-state index contributed by atoms with van der Waals surface area (Å²) in [4.78, 5) is 109. The summed E-state index contributed by atoms with van der Waals surface area (Å²) in [5.41, 5.74) is 5.46. The van der Waals surface area contributed by atoms with Crippen molar-refractivity contribution in [1.29, 1.82) is 0 Å². The zero-order valence-corrected chi connectivity index (χ0v) is 81.1. The number of benzene rings is 8. The van der Waals surface area contributed by atoms with E-state index in [0.29, 0.717) is 73.2 Å². The van der Waals surface area contributed by atoms with Crippen LogP contribution in [0.4, 0.5) is 8.78 Å². The Labute approximate surface area is 808 Å². The van der Waals surface area contributed by atoms with Gasteiger partial charge in [0.2, 0.25) is 0 Å². The van der Waals surface area contributed by atoms with Crippen LogP contribution in [0.3, 0.4) is 0 Å². The number of halogens is 2. The van der Waals surface area contributed by atoms with Crippen LogP contribution in [0.1, 0.15) is 263 Å². The molecule has 12 aliphatic rings. The predicted molar refractivity (Wildman–Crippen MR) is 536 cm³/mol. The monoisotopic (exact) mass is 1850 g/mol. The summed E-state index contributed by atoms with van der Waals surface area (Å²) in [6.07, 6.45) is 32.4. The molecule has 728 valence electrons. The average Bonchev–Trinajstić information content (AvgIpc) is 0.740. The summed E-state index contributed by atoms with van der Waals surface area (Å²) < 4.78 is 35.7. The van der Waals surface area contributed by atoms with Gasteiger partial charge in [-0.3, -0.25) is 68.6 Å². The van der Waals surface area contributed by atoms with Crippen LogP contribution in [0.5, 0.6) is 0 Å². The molecule has 4 N–H and O–H groups in total. The Morgan fingerprint density at radius 2 is 0.412 bits per heavy atom. The first-order valence-electron chi connectivity index (χ1n) is 51.4. The fourth-order valence-corrected chi connectivity index (χ4v) is 23.6. The Morgan fingerprint density at radius 3 is 0.596 bits per heavy atom. The molecule has 0 radical (unpaired) electrons. The zero-order valence-electron chi connectivity index (χ0n) is 81.1. The molecular formula is C116H150F2N8O10. The molecular weight excluding hydrogens is 1700 g/mol. The number of hydrogen-bond donors (Lipinski definition) is 4. The standard InChI is InChI=1S/2C16H21NO2.2C15H19NO.2C14H18FNO.2C13H17NO/c2*18-15-8-4-5-9-16(15,14-6-2-1-3-7-14)17-10-12-19-13-11-17;2*17-14-9-4-5-10-15(14,16-11-6-12-16)13-7-2-1-3-8-13;2*15-10-11-16-14(9-5-4-8-13(14)17)12-6-2-1-3-7-12;2*1-14-13(10-6-5-9-12(13)15)11-7-3-2-4-8-11/h2*1-3,6-7H,4-5,8-13H2;2*1-3,7-8H,4-6,9-12H2;2*1-3,6-7,16H,4-5,8-11H2;2*2-4,7-8,14H,5-6,9-10H2,1H3/t2*16-;2*15-;2*14-;2*13-/m10101010/s1. The van der Waals surface area contributed by atoms with Gasteiger partial charge in [0.15, 0.2) is 46.3 Å². The molecule has 12 fully saturated rings. The third kappa shape index (κ3) is 23.8. The molecule has 8 aliphatic carbocycles. The second-order valence-corrected chi connectivity index (χ2v) is 38.6. The van der Waals surface area contributed by atoms with Crippen molar-refractivity contribution < 1.29 is 56.6 Å². The quantitative estimate of drug-likeness (QED) is 0.0558. The van der Waals surface area contributed by atoms with Gasteiger partial charge in [-0.2, -0.15) is 0 Å². The van der Waals surface area contributed by atoms with Crippen LogP contribution >= 0.6 is 0 Å². The smallest absolute Gasteiger partial charge is 0.157 e. The first-order valence-corrected chi connectivity index (χ1v) is 51.4. The minimum atomic E-state index is -0.647. The van der Waals surface area contributed by atoms with Gasteiger partial charge in [0, 0.05) is 117 Å². The number of alkyl halides is 2. The van der Waals surface area contributed by atoms with E-state index in [0.717, 1.165) is 255 Å². The third-order valence-corrected chi connectivity index (χ3v) is 31.2. The first-order chi connectivity index (χ1) is 66.5. The lowest BCUT2D eigenvalue weighted by molar-refractivity contribution is -0.140. The predicted octanol–water partition coefficient (Wildman–Crippen LogP) is 19.8. The highest BCUT2D eigenvalue weighted by atomic mass is 19.1. The van der Waals surface area contributed by atoms with Crippen molar-refractivity contribution in [3.8, 4) is 0 Å². The average molecular weight is 1850 g/mol. The number of morpholine rings is 2. The Hall–Kier alpha value is -9.42. The van der Waals surface area contributed by atoms with Crippen molar-refractivity contribution in [1.82, 2.24) is 40.9 Å². The number of nitrogens with one attached hydrogen (secondary N) is 4. The Morgan fingerprint density at radius 1 is 0.228 bits per heavy atom. The first kappa shape index (κ1) is 104. The fourth-order valence-electron chi connectivity index (χ4n) is 23.6. The van der Waals surface area contributed by atoms with Crippen molar-refractivity contribution in [2.24, 2.45) is 0 Å². The van der Waals surface area contributed by atoms with E-state index in [1.165, 1.54) is 47.9 Å². The van der Waals surface area contributed by atoms with Crippen molar-refractivity contribution in [3.63, 3.8) is 0 Å². The molecule has 0 aromatic heterocycles. The molecule has 0 unspecified atom stereocenters. The maximum absolute atomic E-state index is 12.7. The van der Waals surface area contributed by atoms with Crippen LogP contribution in [0.2, 0.25) is 0 Å². The minimum absolute atomic E-state index is 0.198. The molecule has 4 saturated heterocycles. The molecule has 4 heterocycles. The van der Waals surface area contributed by atoms with Crippen molar-refractivity contribution in [2.45, 2.75) is 263 Å². The van der Waals surface area contributed by atoms with E-state index in [2.05, 4.69) is 114 Å². The summed E-state index contributed by atoms with van der Waals surface area (Å²) in [6, 6.07) is 80.9. The van der Waals surface area contributed by atoms with E-state index < -0.39 is 35.5 Å². The number of Topliss-reactive ketones (excluding diaryl/α,β-unsaturated/α-hetero) is 8. The molecule has 8 aromatic carbocycles. The molecule has 18 nitrogen and oxygen atoms in total. The van der Waals surface area contributed by atoms with Crippen LogP contribution < -0.4 is 21.3 Å². The lowest BCUT2D eigenvalue weighted by Gasteiger charge is -2.50. The molecule has 20 rings (SSSR count). The normalized spacial score (nSPS) is 27.8. The molecule has 4 aliphatic heterocycles. The number of ketones is 8. The van der Waals surface area contributed by atoms with Gasteiger partial charge >= 0.3 is 0 Å². The van der Waals surface area contributed by atoms with Gasteiger partial charge in [0.25, 0.3) is 0 Å². The van der Waals surface area contributed by atoms with Gasteiger partial charge in [-0.1, -0.05) is 294 Å². The molecule has 20 heteroatoms. The molecule has 0 spiro atoms. The Kier molecular flexibility index (Phi) is 39.3.